The van der Waals surface area contributed by atoms with E-state index in [-0.39, 0.29) is 17.1 Å². The molecule has 1 saturated carbocycles. The van der Waals surface area contributed by atoms with Gasteiger partial charge in [0.05, 0.1) is 41.6 Å². The molecule has 190 valence electrons. The quantitative estimate of drug-likeness (QED) is 0.326. The minimum atomic E-state index is -2.96. The van der Waals surface area contributed by atoms with Gasteiger partial charge in [0.2, 0.25) is 5.91 Å². The summed E-state index contributed by atoms with van der Waals surface area (Å²) in [4.78, 5) is 20.8. The summed E-state index contributed by atoms with van der Waals surface area (Å²) in [6.45, 7) is 3.13. The normalized spacial score (nSPS) is 19.0. The monoisotopic (exact) mass is 560 g/mol. The summed E-state index contributed by atoms with van der Waals surface area (Å²) in [5.41, 5.74) is -0.973. The van der Waals surface area contributed by atoms with Crippen LogP contribution in [0.4, 0.5) is 23.4 Å². The number of aryl methyl sites for hydroxylation is 1. The van der Waals surface area contributed by atoms with Crippen LogP contribution in [0.15, 0.2) is 18.2 Å². The van der Waals surface area contributed by atoms with Gasteiger partial charge in [-0.05, 0) is 26.7 Å². The molecule has 1 aromatic heterocycles. The summed E-state index contributed by atoms with van der Waals surface area (Å²) in [7, 11) is 0. The van der Waals surface area contributed by atoms with Crippen molar-refractivity contribution < 1.29 is 31.8 Å². The molecule has 35 heavy (non-hydrogen) atoms. The molecule has 2 atom stereocenters. The highest BCUT2D eigenvalue weighted by Gasteiger charge is 2.46. The first kappa shape index (κ1) is 25.8. The highest BCUT2D eigenvalue weighted by Crippen LogP contribution is 2.40. The number of halogens is 5. The largest absolute Gasteiger partial charge is 0.363 e. The van der Waals surface area contributed by atoms with E-state index in [1.165, 1.54) is 12.1 Å². The lowest BCUT2D eigenvalue weighted by Crippen LogP contribution is -2.40. The van der Waals surface area contributed by atoms with E-state index in [2.05, 4.69) is 36.5 Å². The van der Waals surface area contributed by atoms with Crippen molar-refractivity contribution in [3.05, 3.63) is 52.2 Å². The van der Waals surface area contributed by atoms with Crippen LogP contribution in [0.3, 0.4) is 0 Å². The minimum absolute atomic E-state index is 0.0200. The highest BCUT2D eigenvalue weighted by molar-refractivity contribution is 9.09. The van der Waals surface area contributed by atoms with Crippen LogP contribution in [0.5, 0.6) is 0 Å². The number of anilines is 1. The Kier molecular flexibility index (Phi) is 7.62. The number of carbonyl (C=O) groups excluding carboxylic acids is 1. The van der Waals surface area contributed by atoms with Crippen LogP contribution in [0.2, 0.25) is 0 Å². The first-order valence-electron chi connectivity index (χ1n) is 11.1. The number of aromatic nitrogens is 2. The van der Waals surface area contributed by atoms with Crippen molar-refractivity contribution in [3.8, 4) is 0 Å². The van der Waals surface area contributed by atoms with Crippen LogP contribution >= 0.6 is 15.9 Å². The van der Waals surface area contributed by atoms with Crippen molar-refractivity contribution in [2.45, 2.75) is 55.8 Å². The lowest BCUT2D eigenvalue weighted by atomic mass is 10.0. The van der Waals surface area contributed by atoms with Crippen molar-refractivity contribution >= 4 is 27.7 Å². The molecule has 1 aliphatic carbocycles. The Hall–Kier alpha value is -2.31. The van der Waals surface area contributed by atoms with Gasteiger partial charge in [-0.1, -0.05) is 34.1 Å². The van der Waals surface area contributed by atoms with Crippen LogP contribution in [0.1, 0.15) is 71.6 Å². The average Bonchev–Trinajstić information content (AvgIpc) is 3.38. The maximum Gasteiger partial charge on any atom is 0.266 e. The molecule has 1 unspecified atom stereocenters. The average molecular weight is 561 g/mol. The predicted molar refractivity (Wildman–Crippen MR) is 123 cm³/mol. The second-order valence-corrected chi connectivity index (χ2v) is 9.59. The van der Waals surface area contributed by atoms with E-state index in [0.29, 0.717) is 37.4 Å². The van der Waals surface area contributed by atoms with Gasteiger partial charge in [0.25, 0.3) is 6.43 Å². The molecule has 1 amide bonds. The van der Waals surface area contributed by atoms with Gasteiger partial charge in [-0.2, -0.15) is 0 Å². The lowest BCUT2D eigenvalue weighted by Gasteiger charge is -2.25. The molecule has 2 aromatic rings. The van der Waals surface area contributed by atoms with E-state index < -0.39 is 53.1 Å². The molecule has 2 heterocycles. The van der Waals surface area contributed by atoms with Crippen molar-refractivity contribution in [2.75, 3.05) is 25.2 Å². The van der Waals surface area contributed by atoms with Crippen molar-refractivity contribution in [2.24, 2.45) is 0 Å². The van der Waals surface area contributed by atoms with Crippen LogP contribution in [-0.2, 0) is 14.3 Å². The summed E-state index contributed by atoms with van der Waals surface area (Å²) in [6.07, 6.45) is -2.78. The van der Waals surface area contributed by atoms with Crippen molar-refractivity contribution in [1.82, 2.24) is 15.3 Å². The van der Waals surface area contributed by atoms with Crippen LogP contribution in [-0.4, -0.2) is 41.3 Å². The summed E-state index contributed by atoms with van der Waals surface area (Å²) in [6, 6.07) is 3.02. The first-order chi connectivity index (χ1) is 16.7. The standard InChI is InChI=1S/C23H25BrF4N4O3/c1-11(13-4-3-5-14(17(13)26)19(27)28)29-20-15(22-34-8-9-35-22)18(30-12(2)31-20)16(24)21(33)32-23(10-25)6-7-23/h3-5,11,16,19,22H,6-10H2,1-2H3,(H,32,33)(H,29,30,31)/t11-,16?/m1/s1. The maximum absolute atomic E-state index is 14.8. The molecule has 0 spiro atoms. The zero-order valence-corrected chi connectivity index (χ0v) is 20.7. The molecule has 7 nitrogen and oxygen atoms in total. The Morgan fingerprint density at radius 3 is 2.49 bits per heavy atom. The van der Waals surface area contributed by atoms with Gasteiger partial charge in [-0.15, -0.1) is 0 Å². The third-order valence-corrected chi connectivity index (χ3v) is 6.88. The number of benzene rings is 1. The van der Waals surface area contributed by atoms with Gasteiger partial charge in [-0.3, -0.25) is 4.79 Å². The van der Waals surface area contributed by atoms with Gasteiger partial charge in [0.1, 0.15) is 29.0 Å². The summed E-state index contributed by atoms with van der Waals surface area (Å²) in [5, 5.41) is 5.77. The zero-order valence-electron chi connectivity index (χ0n) is 19.1. The number of carbonyl (C=O) groups is 1. The summed E-state index contributed by atoms with van der Waals surface area (Å²) < 4.78 is 65.8. The van der Waals surface area contributed by atoms with Gasteiger partial charge in [0, 0.05) is 5.56 Å². The van der Waals surface area contributed by atoms with Crippen LogP contribution < -0.4 is 10.6 Å². The van der Waals surface area contributed by atoms with E-state index in [1.807, 2.05) is 0 Å². The fourth-order valence-electron chi connectivity index (χ4n) is 3.91. The molecule has 1 aromatic carbocycles. The Bertz CT molecular complexity index is 1100. The van der Waals surface area contributed by atoms with E-state index in [9.17, 15) is 22.4 Å². The molecule has 0 bridgehead atoms. The molecular weight excluding hydrogens is 536 g/mol. The Balaban J connectivity index is 1.70. The maximum atomic E-state index is 14.8. The molecule has 2 fully saturated rings. The number of hydrogen-bond donors (Lipinski definition) is 2. The van der Waals surface area contributed by atoms with E-state index in [4.69, 9.17) is 9.47 Å². The number of rotatable bonds is 9. The number of ether oxygens (including phenoxy) is 2. The number of nitrogens with zero attached hydrogens (tertiary/aromatic N) is 2. The predicted octanol–water partition coefficient (Wildman–Crippen LogP) is 5.13. The van der Waals surface area contributed by atoms with Gasteiger partial charge in [0.15, 0.2) is 6.29 Å². The molecule has 1 saturated heterocycles. The summed E-state index contributed by atoms with van der Waals surface area (Å²) >= 11 is 3.37. The smallest absolute Gasteiger partial charge is 0.266 e. The number of hydrogen-bond acceptors (Lipinski definition) is 6. The third kappa shape index (κ3) is 5.44. The molecule has 2 N–H and O–H groups in total. The summed E-state index contributed by atoms with van der Waals surface area (Å²) in [5.74, 6) is -0.992. The molecule has 0 radical (unpaired) electrons. The lowest BCUT2D eigenvalue weighted by molar-refractivity contribution is -0.121. The number of nitrogens with one attached hydrogen (secondary N) is 2. The molecule has 1 aliphatic heterocycles. The molecule has 12 heteroatoms. The SMILES string of the molecule is Cc1nc(N[C@H](C)c2cccc(C(F)F)c2F)c(C2OCCO2)c(C(Br)C(=O)NC2(CF)CC2)n1. The van der Waals surface area contributed by atoms with E-state index in [0.717, 1.165) is 6.07 Å². The van der Waals surface area contributed by atoms with Crippen molar-refractivity contribution in [3.63, 3.8) is 0 Å². The van der Waals surface area contributed by atoms with Crippen LogP contribution in [0.25, 0.3) is 0 Å². The second kappa shape index (κ2) is 10.4. The number of alkyl halides is 4. The van der Waals surface area contributed by atoms with E-state index in [1.54, 1.807) is 13.8 Å². The fourth-order valence-corrected chi connectivity index (χ4v) is 4.37. The van der Waals surface area contributed by atoms with Gasteiger partial charge < -0.3 is 20.1 Å². The fraction of sp³-hybridized carbons (Fsp3) is 0.522. The van der Waals surface area contributed by atoms with E-state index >= 15 is 0 Å². The molecular formula is C23H25BrF4N4O3. The zero-order chi connectivity index (χ0) is 25.3. The second-order valence-electron chi connectivity index (χ2n) is 8.67. The van der Waals surface area contributed by atoms with Crippen LogP contribution in [0, 0.1) is 12.7 Å². The van der Waals surface area contributed by atoms with Crippen molar-refractivity contribution in [1.29, 1.82) is 0 Å². The molecule has 2 aliphatic rings. The Labute approximate surface area is 208 Å². The Morgan fingerprint density at radius 2 is 1.89 bits per heavy atom. The molecule has 4 rings (SSSR count). The topological polar surface area (TPSA) is 85.4 Å². The van der Waals surface area contributed by atoms with Gasteiger partial charge >= 0.3 is 0 Å². The minimum Gasteiger partial charge on any atom is -0.363 e. The first-order valence-corrected chi connectivity index (χ1v) is 12.0. The van der Waals surface area contributed by atoms with Gasteiger partial charge in [-0.25, -0.2) is 27.5 Å². The highest BCUT2D eigenvalue weighted by atomic mass is 79.9. The Morgan fingerprint density at radius 1 is 1.23 bits per heavy atom. The third-order valence-electron chi connectivity index (χ3n) is 6.03. The number of amides is 1.